The standard InChI is InChI=1S/C12H19NO3S/c1-3-8-13-9-10-17(14,15)12-7-5-4-6-11(12)16-2/h4-7,13H,3,8-10H2,1-2H3. The van der Waals surface area contributed by atoms with Crippen molar-refractivity contribution in [3.63, 3.8) is 0 Å². The normalized spacial score (nSPS) is 11.4. The van der Waals surface area contributed by atoms with Crippen molar-refractivity contribution in [2.75, 3.05) is 26.0 Å². The minimum atomic E-state index is -3.27. The topological polar surface area (TPSA) is 55.4 Å². The van der Waals surface area contributed by atoms with Crippen molar-refractivity contribution in [1.82, 2.24) is 5.32 Å². The van der Waals surface area contributed by atoms with Crippen LogP contribution in [-0.2, 0) is 9.84 Å². The van der Waals surface area contributed by atoms with Gasteiger partial charge < -0.3 is 10.1 Å². The highest BCUT2D eigenvalue weighted by molar-refractivity contribution is 7.91. The van der Waals surface area contributed by atoms with Gasteiger partial charge in [-0.2, -0.15) is 0 Å². The van der Waals surface area contributed by atoms with Gasteiger partial charge >= 0.3 is 0 Å². The summed E-state index contributed by atoms with van der Waals surface area (Å²) in [4.78, 5) is 0.265. The van der Waals surface area contributed by atoms with E-state index in [1.54, 1.807) is 24.3 Å². The Morgan fingerprint density at radius 3 is 2.59 bits per heavy atom. The molecule has 4 nitrogen and oxygen atoms in total. The fourth-order valence-electron chi connectivity index (χ4n) is 1.49. The molecule has 0 bridgehead atoms. The molecule has 0 aliphatic carbocycles. The summed E-state index contributed by atoms with van der Waals surface area (Å²) in [6, 6.07) is 6.70. The first-order chi connectivity index (χ1) is 8.11. The molecule has 1 N–H and O–H groups in total. The first kappa shape index (κ1) is 14.0. The number of hydrogen-bond donors (Lipinski definition) is 1. The maximum atomic E-state index is 12.1. The maximum absolute atomic E-state index is 12.1. The van der Waals surface area contributed by atoms with E-state index in [0.29, 0.717) is 12.3 Å². The van der Waals surface area contributed by atoms with Gasteiger partial charge in [-0.15, -0.1) is 0 Å². The minimum absolute atomic E-state index is 0.0906. The predicted octanol–water partition coefficient (Wildman–Crippen LogP) is 1.47. The molecule has 0 aromatic heterocycles. The third-order valence-corrected chi connectivity index (χ3v) is 4.13. The van der Waals surface area contributed by atoms with Crippen LogP contribution in [0.15, 0.2) is 29.2 Å². The van der Waals surface area contributed by atoms with Gasteiger partial charge in [0.05, 0.1) is 12.9 Å². The van der Waals surface area contributed by atoms with Crippen LogP contribution in [0.5, 0.6) is 5.75 Å². The average molecular weight is 257 g/mol. The molecule has 0 unspecified atom stereocenters. The summed E-state index contributed by atoms with van der Waals surface area (Å²) in [6.07, 6.45) is 0.995. The van der Waals surface area contributed by atoms with Gasteiger partial charge in [-0.3, -0.25) is 0 Å². The van der Waals surface area contributed by atoms with Crippen molar-refractivity contribution in [3.05, 3.63) is 24.3 Å². The Kier molecular flexibility index (Phi) is 5.44. The van der Waals surface area contributed by atoms with E-state index in [0.717, 1.165) is 13.0 Å². The van der Waals surface area contributed by atoms with Crippen LogP contribution < -0.4 is 10.1 Å². The van der Waals surface area contributed by atoms with Gasteiger partial charge in [0.15, 0.2) is 9.84 Å². The lowest BCUT2D eigenvalue weighted by atomic mass is 10.3. The first-order valence-electron chi connectivity index (χ1n) is 5.68. The lowest BCUT2D eigenvalue weighted by Crippen LogP contribution is -2.23. The summed E-state index contributed by atoms with van der Waals surface area (Å²) in [5.74, 6) is 0.496. The Morgan fingerprint density at radius 1 is 1.24 bits per heavy atom. The highest BCUT2D eigenvalue weighted by atomic mass is 32.2. The van der Waals surface area contributed by atoms with Gasteiger partial charge in [0.1, 0.15) is 10.6 Å². The summed E-state index contributed by atoms with van der Waals surface area (Å²) in [5.41, 5.74) is 0. The van der Waals surface area contributed by atoms with E-state index in [1.807, 2.05) is 6.92 Å². The fraction of sp³-hybridized carbons (Fsp3) is 0.500. The molecule has 0 spiro atoms. The van der Waals surface area contributed by atoms with E-state index in [1.165, 1.54) is 7.11 Å². The number of benzene rings is 1. The molecule has 96 valence electrons. The number of methoxy groups -OCH3 is 1. The van der Waals surface area contributed by atoms with Crippen LogP contribution in [0.3, 0.4) is 0 Å². The molecule has 5 heteroatoms. The molecule has 0 atom stereocenters. The van der Waals surface area contributed by atoms with Crippen molar-refractivity contribution >= 4 is 9.84 Å². The third kappa shape index (κ3) is 4.02. The number of hydrogen-bond acceptors (Lipinski definition) is 4. The van der Waals surface area contributed by atoms with Crippen molar-refractivity contribution < 1.29 is 13.2 Å². The molecule has 0 saturated carbocycles. The van der Waals surface area contributed by atoms with E-state index >= 15 is 0 Å². The van der Waals surface area contributed by atoms with Gasteiger partial charge in [0, 0.05) is 6.54 Å². The second-order valence-electron chi connectivity index (χ2n) is 3.72. The van der Waals surface area contributed by atoms with Crippen molar-refractivity contribution in [3.8, 4) is 5.75 Å². The van der Waals surface area contributed by atoms with Crippen LogP contribution in [0.4, 0.5) is 0 Å². The second-order valence-corrected chi connectivity index (χ2v) is 5.80. The van der Waals surface area contributed by atoms with Crippen LogP contribution in [0.2, 0.25) is 0 Å². The van der Waals surface area contributed by atoms with Crippen LogP contribution in [-0.4, -0.2) is 34.4 Å². The number of nitrogens with one attached hydrogen (secondary N) is 1. The molecule has 1 aromatic rings. The van der Waals surface area contributed by atoms with Crippen molar-refractivity contribution in [2.24, 2.45) is 0 Å². The van der Waals surface area contributed by atoms with Crippen LogP contribution in [0, 0.1) is 0 Å². The molecule has 0 saturated heterocycles. The second kappa shape index (κ2) is 6.61. The monoisotopic (exact) mass is 257 g/mol. The van der Waals surface area contributed by atoms with Gasteiger partial charge in [0.25, 0.3) is 0 Å². The Hall–Kier alpha value is -1.07. The Balaban J connectivity index is 2.75. The molecule has 0 heterocycles. The van der Waals surface area contributed by atoms with Gasteiger partial charge in [-0.1, -0.05) is 19.1 Å². The minimum Gasteiger partial charge on any atom is -0.495 e. The van der Waals surface area contributed by atoms with E-state index in [4.69, 9.17) is 4.74 Å². The summed E-state index contributed by atoms with van der Waals surface area (Å²) in [7, 11) is -1.80. The Bertz CT molecular complexity index is 443. The zero-order valence-electron chi connectivity index (χ0n) is 10.3. The molecular weight excluding hydrogens is 238 g/mol. The summed E-state index contributed by atoms with van der Waals surface area (Å²) >= 11 is 0. The number of ether oxygens (including phenoxy) is 1. The predicted molar refractivity (Wildman–Crippen MR) is 68.2 cm³/mol. The molecule has 0 aliphatic heterocycles. The zero-order valence-corrected chi connectivity index (χ0v) is 11.1. The highest BCUT2D eigenvalue weighted by Gasteiger charge is 2.18. The quantitative estimate of drug-likeness (QED) is 0.752. The SMILES string of the molecule is CCCNCCS(=O)(=O)c1ccccc1OC. The van der Waals surface area contributed by atoms with E-state index in [2.05, 4.69) is 5.32 Å². The maximum Gasteiger partial charge on any atom is 0.183 e. The van der Waals surface area contributed by atoms with Gasteiger partial charge in [-0.25, -0.2) is 8.42 Å². The zero-order chi connectivity index (χ0) is 12.7. The summed E-state index contributed by atoms with van der Waals surface area (Å²) < 4.78 is 29.2. The molecular formula is C12H19NO3S. The van der Waals surface area contributed by atoms with Gasteiger partial charge in [-0.05, 0) is 25.1 Å². The van der Waals surface area contributed by atoms with Crippen LogP contribution >= 0.6 is 0 Å². The van der Waals surface area contributed by atoms with Crippen LogP contribution in [0.1, 0.15) is 13.3 Å². The molecule has 1 aromatic carbocycles. The smallest absolute Gasteiger partial charge is 0.183 e. The molecule has 0 fully saturated rings. The molecule has 0 aliphatic rings. The van der Waals surface area contributed by atoms with E-state index in [9.17, 15) is 8.42 Å². The summed E-state index contributed by atoms with van der Waals surface area (Å²) in [6.45, 7) is 3.34. The fourth-order valence-corrected chi connectivity index (χ4v) is 2.87. The van der Waals surface area contributed by atoms with E-state index < -0.39 is 9.84 Å². The third-order valence-electron chi connectivity index (χ3n) is 2.38. The number of para-hydroxylation sites is 1. The van der Waals surface area contributed by atoms with Gasteiger partial charge in [0.2, 0.25) is 0 Å². The highest BCUT2D eigenvalue weighted by Crippen LogP contribution is 2.23. The van der Waals surface area contributed by atoms with Crippen molar-refractivity contribution in [2.45, 2.75) is 18.2 Å². The Morgan fingerprint density at radius 2 is 1.94 bits per heavy atom. The van der Waals surface area contributed by atoms with E-state index in [-0.39, 0.29) is 10.6 Å². The molecule has 0 amide bonds. The lowest BCUT2D eigenvalue weighted by Gasteiger charge is -2.09. The Labute approximate surface area is 103 Å². The molecule has 1 rings (SSSR count). The number of sulfone groups is 1. The number of rotatable bonds is 7. The van der Waals surface area contributed by atoms with Crippen molar-refractivity contribution in [1.29, 1.82) is 0 Å². The molecule has 17 heavy (non-hydrogen) atoms. The summed E-state index contributed by atoms with van der Waals surface area (Å²) in [5, 5.41) is 3.08. The largest absolute Gasteiger partial charge is 0.495 e. The lowest BCUT2D eigenvalue weighted by molar-refractivity contribution is 0.402. The first-order valence-corrected chi connectivity index (χ1v) is 7.33. The molecule has 0 radical (unpaired) electrons. The average Bonchev–Trinajstić information content (AvgIpc) is 2.34. The van der Waals surface area contributed by atoms with Crippen LogP contribution in [0.25, 0.3) is 0 Å².